The third-order valence-electron chi connectivity index (χ3n) is 3.39. The van der Waals surface area contributed by atoms with Crippen LogP contribution >= 0.6 is 0 Å². The van der Waals surface area contributed by atoms with Crippen LogP contribution in [0.15, 0.2) is 36.4 Å². The Kier molecular flexibility index (Phi) is 4.15. The van der Waals surface area contributed by atoms with E-state index in [1.807, 2.05) is 13.8 Å². The SMILES string of the molecule is Cc1ccc([C@@H](C)NCc2ccc(O)c(O)c2O)cc1. The third-order valence-corrected chi connectivity index (χ3v) is 3.39. The van der Waals surface area contributed by atoms with Crippen molar-refractivity contribution >= 4 is 0 Å². The van der Waals surface area contributed by atoms with Gasteiger partial charge < -0.3 is 20.6 Å². The molecule has 0 aliphatic carbocycles. The summed E-state index contributed by atoms with van der Waals surface area (Å²) in [6.07, 6.45) is 0. The average molecular weight is 273 g/mol. The Labute approximate surface area is 118 Å². The van der Waals surface area contributed by atoms with E-state index >= 15 is 0 Å². The second kappa shape index (κ2) is 5.84. The molecule has 0 aliphatic heterocycles. The second-order valence-electron chi connectivity index (χ2n) is 4.95. The van der Waals surface area contributed by atoms with Gasteiger partial charge in [0.25, 0.3) is 0 Å². The third kappa shape index (κ3) is 3.03. The Morgan fingerprint density at radius 2 is 1.60 bits per heavy atom. The number of hydrogen-bond acceptors (Lipinski definition) is 4. The van der Waals surface area contributed by atoms with Gasteiger partial charge in [0, 0.05) is 18.2 Å². The molecular formula is C16H19NO3. The van der Waals surface area contributed by atoms with Crippen LogP contribution in [0.4, 0.5) is 0 Å². The van der Waals surface area contributed by atoms with Gasteiger partial charge in [-0.2, -0.15) is 0 Å². The Hall–Kier alpha value is -2.20. The molecule has 0 fully saturated rings. The topological polar surface area (TPSA) is 72.7 Å². The molecule has 0 unspecified atom stereocenters. The molecule has 20 heavy (non-hydrogen) atoms. The molecule has 2 aromatic rings. The molecule has 0 saturated heterocycles. The number of rotatable bonds is 4. The average Bonchev–Trinajstić information content (AvgIpc) is 2.44. The fourth-order valence-corrected chi connectivity index (χ4v) is 1.99. The first-order valence-electron chi connectivity index (χ1n) is 6.51. The maximum Gasteiger partial charge on any atom is 0.200 e. The monoisotopic (exact) mass is 273 g/mol. The van der Waals surface area contributed by atoms with Crippen molar-refractivity contribution in [3.05, 3.63) is 53.1 Å². The van der Waals surface area contributed by atoms with Gasteiger partial charge >= 0.3 is 0 Å². The minimum atomic E-state index is -0.479. The normalized spacial score (nSPS) is 12.3. The van der Waals surface area contributed by atoms with Gasteiger partial charge in [-0.1, -0.05) is 35.9 Å². The quantitative estimate of drug-likeness (QED) is 0.646. The molecule has 106 valence electrons. The zero-order chi connectivity index (χ0) is 14.7. The van der Waals surface area contributed by atoms with E-state index in [1.54, 1.807) is 6.07 Å². The van der Waals surface area contributed by atoms with Gasteiger partial charge in [0.2, 0.25) is 5.75 Å². The zero-order valence-corrected chi connectivity index (χ0v) is 11.6. The van der Waals surface area contributed by atoms with Crippen LogP contribution in [0, 0.1) is 6.92 Å². The van der Waals surface area contributed by atoms with Crippen LogP contribution in [-0.2, 0) is 6.54 Å². The highest BCUT2D eigenvalue weighted by Gasteiger charge is 2.12. The molecule has 2 aromatic carbocycles. The van der Waals surface area contributed by atoms with Gasteiger partial charge in [-0.15, -0.1) is 0 Å². The Balaban J connectivity index is 2.05. The lowest BCUT2D eigenvalue weighted by Crippen LogP contribution is -2.18. The van der Waals surface area contributed by atoms with E-state index in [0.717, 1.165) is 5.56 Å². The number of phenolic OH excluding ortho intramolecular Hbond substituents is 3. The molecule has 4 nitrogen and oxygen atoms in total. The lowest BCUT2D eigenvalue weighted by atomic mass is 10.1. The van der Waals surface area contributed by atoms with Gasteiger partial charge in [-0.3, -0.25) is 0 Å². The molecule has 0 amide bonds. The van der Waals surface area contributed by atoms with Crippen molar-refractivity contribution in [1.29, 1.82) is 0 Å². The van der Waals surface area contributed by atoms with Gasteiger partial charge in [0.1, 0.15) is 0 Å². The fourth-order valence-electron chi connectivity index (χ4n) is 1.99. The lowest BCUT2D eigenvalue weighted by Gasteiger charge is -2.15. The zero-order valence-electron chi connectivity index (χ0n) is 11.6. The molecule has 0 bridgehead atoms. The number of nitrogens with one attached hydrogen (secondary N) is 1. The van der Waals surface area contributed by atoms with E-state index in [0.29, 0.717) is 12.1 Å². The largest absolute Gasteiger partial charge is 0.504 e. The standard InChI is InChI=1S/C16H19NO3/c1-10-3-5-12(6-4-10)11(2)17-9-13-7-8-14(18)16(20)15(13)19/h3-8,11,17-20H,9H2,1-2H3/t11-/m1/s1. The van der Waals surface area contributed by atoms with Gasteiger partial charge in [0.15, 0.2) is 11.5 Å². The van der Waals surface area contributed by atoms with E-state index in [4.69, 9.17) is 0 Å². The molecular weight excluding hydrogens is 254 g/mol. The van der Waals surface area contributed by atoms with E-state index in [2.05, 4.69) is 29.6 Å². The van der Waals surface area contributed by atoms with Crippen molar-refractivity contribution in [2.45, 2.75) is 26.4 Å². The van der Waals surface area contributed by atoms with E-state index in [9.17, 15) is 15.3 Å². The number of benzene rings is 2. The summed E-state index contributed by atoms with van der Waals surface area (Å²) in [7, 11) is 0. The first-order valence-corrected chi connectivity index (χ1v) is 6.51. The first-order chi connectivity index (χ1) is 9.49. The summed E-state index contributed by atoms with van der Waals surface area (Å²) in [5.74, 6) is -1.08. The highest BCUT2D eigenvalue weighted by atomic mass is 16.3. The molecule has 0 heterocycles. The van der Waals surface area contributed by atoms with E-state index < -0.39 is 5.75 Å². The smallest absolute Gasteiger partial charge is 0.200 e. The molecule has 4 N–H and O–H groups in total. The van der Waals surface area contributed by atoms with Crippen LogP contribution in [0.1, 0.15) is 29.7 Å². The van der Waals surface area contributed by atoms with Crippen LogP contribution in [-0.4, -0.2) is 15.3 Å². The first kappa shape index (κ1) is 14.2. The van der Waals surface area contributed by atoms with Crippen molar-refractivity contribution in [1.82, 2.24) is 5.32 Å². The van der Waals surface area contributed by atoms with Crippen LogP contribution in [0.5, 0.6) is 17.2 Å². The van der Waals surface area contributed by atoms with Crippen LogP contribution in [0.2, 0.25) is 0 Å². The second-order valence-corrected chi connectivity index (χ2v) is 4.95. The summed E-state index contributed by atoms with van der Waals surface area (Å²) in [5.41, 5.74) is 2.90. The highest BCUT2D eigenvalue weighted by Crippen LogP contribution is 2.37. The number of phenols is 3. The molecule has 1 atom stereocenters. The minimum absolute atomic E-state index is 0.117. The van der Waals surface area contributed by atoms with Gasteiger partial charge in [-0.25, -0.2) is 0 Å². The molecule has 0 saturated carbocycles. The fraction of sp³-hybridized carbons (Fsp3) is 0.250. The molecule has 2 rings (SSSR count). The summed E-state index contributed by atoms with van der Waals surface area (Å²) in [6.45, 7) is 4.47. The molecule has 0 radical (unpaired) electrons. The van der Waals surface area contributed by atoms with Crippen LogP contribution < -0.4 is 5.32 Å². The minimum Gasteiger partial charge on any atom is -0.504 e. The molecule has 0 aromatic heterocycles. The number of aryl methyl sites for hydroxylation is 1. The Morgan fingerprint density at radius 1 is 0.950 bits per heavy atom. The number of aromatic hydroxyl groups is 3. The molecule has 0 aliphatic rings. The Morgan fingerprint density at radius 3 is 2.25 bits per heavy atom. The summed E-state index contributed by atoms with van der Waals surface area (Å²) < 4.78 is 0. The summed E-state index contributed by atoms with van der Waals surface area (Å²) in [4.78, 5) is 0. The van der Waals surface area contributed by atoms with Crippen molar-refractivity contribution < 1.29 is 15.3 Å². The summed E-state index contributed by atoms with van der Waals surface area (Å²) in [6, 6.07) is 11.3. The van der Waals surface area contributed by atoms with E-state index in [1.165, 1.54) is 11.6 Å². The summed E-state index contributed by atoms with van der Waals surface area (Å²) >= 11 is 0. The Bertz CT molecular complexity index is 593. The highest BCUT2D eigenvalue weighted by molar-refractivity contribution is 5.53. The maximum absolute atomic E-state index is 9.75. The van der Waals surface area contributed by atoms with Crippen molar-refractivity contribution in [2.24, 2.45) is 0 Å². The van der Waals surface area contributed by atoms with Gasteiger partial charge in [-0.05, 0) is 25.5 Å². The molecule has 0 spiro atoms. The number of hydrogen-bond donors (Lipinski definition) is 4. The maximum atomic E-state index is 9.75. The van der Waals surface area contributed by atoms with E-state index in [-0.39, 0.29) is 17.5 Å². The summed E-state index contributed by atoms with van der Waals surface area (Å²) in [5, 5.41) is 31.8. The van der Waals surface area contributed by atoms with Crippen LogP contribution in [0.3, 0.4) is 0 Å². The van der Waals surface area contributed by atoms with Crippen LogP contribution in [0.25, 0.3) is 0 Å². The molecule has 4 heteroatoms. The van der Waals surface area contributed by atoms with Crippen molar-refractivity contribution in [3.63, 3.8) is 0 Å². The predicted molar refractivity (Wildman–Crippen MR) is 77.9 cm³/mol. The lowest BCUT2D eigenvalue weighted by molar-refractivity contribution is 0.363. The van der Waals surface area contributed by atoms with Gasteiger partial charge in [0.05, 0.1) is 0 Å². The predicted octanol–water partition coefficient (Wildman–Crippen LogP) is 2.96. The van der Waals surface area contributed by atoms with Crippen molar-refractivity contribution in [3.8, 4) is 17.2 Å². The van der Waals surface area contributed by atoms with Crippen molar-refractivity contribution in [2.75, 3.05) is 0 Å².